The summed E-state index contributed by atoms with van der Waals surface area (Å²) < 4.78 is 31.1. The summed E-state index contributed by atoms with van der Waals surface area (Å²) in [4.78, 5) is 0. The predicted octanol–water partition coefficient (Wildman–Crippen LogP) is 5.38. The van der Waals surface area contributed by atoms with Crippen LogP contribution in [0.3, 0.4) is 0 Å². The highest BCUT2D eigenvalue weighted by molar-refractivity contribution is 6.32. The van der Waals surface area contributed by atoms with Crippen molar-refractivity contribution in [3.05, 3.63) is 57.3 Å². The maximum atomic E-state index is 14.0. The lowest BCUT2D eigenvalue weighted by Gasteiger charge is -2.17. The molecule has 1 N–H and O–H groups in total. The van der Waals surface area contributed by atoms with E-state index < -0.39 is 5.82 Å². The van der Waals surface area contributed by atoms with Crippen LogP contribution in [-0.4, -0.2) is 25.9 Å². The number of halogens is 3. The van der Waals surface area contributed by atoms with Gasteiger partial charge >= 0.3 is 0 Å². The fraction of sp³-hybridized carbons (Fsp3) is 0.429. The zero-order valence-electron chi connectivity index (χ0n) is 15.8. The van der Waals surface area contributed by atoms with E-state index in [4.69, 9.17) is 37.4 Å². The van der Waals surface area contributed by atoms with Gasteiger partial charge in [-0.15, -0.1) is 0 Å². The molecule has 0 aromatic heterocycles. The molecule has 1 fully saturated rings. The Labute approximate surface area is 174 Å². The minimum Gasteiger partial charge on any atom is -0.490 e. The maximum absolute atomic E-state index is 14.0. The summed E-state index contributed by atoms with van der Waals surface area (Å²) in [6, 6.07) is 8.23. The number of benzene rings is 2. The summed E-state index contributed by atoms with van der Waals surface area (Å²) >= 11 is 12.5. The third-order valence-electron chi connectivity index (χ3n) is 4.52. The molecule has 1 saturated heterocycles. The Bertz CT molecular complexity index is 777. The van der Waals surface area contributed by atoms with E-state index in [9.17, 15) is 4.39 Å². The average Bonchev–Trinajstić information content (AvgIpc) is 3.17. The summed E-state index contributed by atoms with van der Waals surface area (Å²) in [6.07, 6.45) is 2.48. The van der Waals surface area contributed by atoms with Crippen molar-refractivity contribution in [2.45, 2.75) is 39.0 Å². The van der Waals surface area contributed by atoms with Gasteiger partial charge < -0.3 is 19.5 Å². The molecular formula is C21H24Cl2FNO3. The van der Waals surface area contributed by atoms with E-state index in [1.165, 1.54) is 6.07 Å². The summed E-state index contributed by atoms with van der Waals surface area (Å²) in [5.74, 6) is 0.485. The van der Waals surface area contributed by atoms with E-state index in [0.717, 1.165) is 31.6 Å². The van der Waals surface area contributed by atoms with Crippen molar-refractivity contribution in [1.82, 2.24) is 5.32 Å². The molecule has 152 valence electrons. The molecule has 0 spiro atoms. The van der Waals surface area contributed by atoms with E-state index in [1.54, 1.807) is 12.1 Å². The minimum atomic E-state index is -0.420. The second-order valence-corrected chi connectivity index (χ2v) is 7.41. The molecule has 0 radical (unpaired) electrons. The topological polar surface area (TPSA) is 39.7 Å². The molecule has 1 aliphatic heterocycles. The first-order valence-electron chi connectivity index (χ1n) is 9.41. The fourth-order valence-electron chi connectivity index (χ4n) is 3.12. The lowest BCUT2D eigenvalue weighted by Crippen LogP contribution is -2.25. The molecule has 0 amide bonds. The van der Waals surface area contributed by atoms with Crippen LogP contribution in [-0.2, 0) is 17.9 Å². The van der Waals surface area contributed by atoms with Crippen LogP contribution in [0.4, 0.5) is 4.39 Å². The third-order valence-corrected chi connectivity index (χ3v) is 5.15. The van der Waals surface area contributed by atoms with Crippen molar-refractivity contribution in [3.8, 4) is 11.5 Å². The Kier molecular flexibility index (Phi) is 7.80. The highest BCUT2D eigenvalue weighted by Gasteiger charge is 2.17. The maximum Gasteiger partial charge on any atom is 0.180 e. The van der Waals surface area contributed by atoms with Crippen molar-refractivity contribution in [2.75, 3.05) is 19.8 Å². The molecular weight excluding hydrogens is 404 g/mol. The number of hydrogen-bond acceptors (Lipinski definition) is 4. The highest BCUT2D eigenvalue weighted by atomic mass is 35.5. The first-order valence-corrected chi connectivity index (χ1v) is 10.2. The van der Waals surface area contributed by atoms with Crippen molar-refractivity contribution >= 4 is 23.2 Å². The summed E-state index contributed by atoms with van der Waals surface area (Å²) in [5, 5.41) is 4.10. The lowest BCUT2D eigenvalue weighted by atomic mass is 10.1. The van der Waals surface area contributed by atoms with Crippen LogP contribution in [0.25, 0.3) is 0 Å². The number of hydrogen-bond donors (Lipinski definition) is 1. The fourth-order valence-corrected chi connectivity index (χ4v) is 3.63. The van der Waals surface area contributed by atoms with Crippen molar-refractivity contribution in [1.29, 1.82) is 0 Å². The zero-order valence-corrected chi connectivity index (χ0v) is 17.3. The first kappa shape index (κ1) is 21.2. The predicted molar refractivity (Wildman–Crippen MR) is 109 cm³/mol. The largest absolute Gasteiger partial charge is 0.490 e. The van der Waals surface area contributed by atoms with E-state index >= 15 is 0 Å². The van der Waals surface area contributed by atoms with Crippen LogP contribution in [0.15, 0.2) is 30.3 Å². The van der Waals surface area contributed by atoms with Gasteiger partial charge in [0, 0.05) is 25.3 Å². The Morgan fingerprint density at radius 2 is 2.07 bits per heavy atom. The normalized spacial score (nSPS) is 16.4. The zero-order chi connectivity index (χ0) is 19.9. The second kappa shape index (κ2) is 10.3. The Morgan fingerprint density at radius 3 is 2.79 bits per heavy atom. The Morgan fingerprint density at radius 1 is 1.21 bits per heavy atom. The van der Waals surface area contributed by atoms with Gasteiger partial charge in [0.05, 0.1) is 22.8 Å². The van der Waals surface area contributed by atoms with Crippen molar-refractivity contribution < 1.29 is 18.6 Å². The highest BCUT2D eigenvalue weighted by Crippen LogP contribution is 2.37. The van der Waals surface area contributed by atoms with Gasteiger partial charge in [0.1, 0.15) is 12.4 Å². The lowest BCUT2D eigenvalue weighted by molar-refractivity contribution is 0.110. The molecule has 0 saturated carbocycles. The molecule has 2 aromatic carbocycles. The van der Waals surface area contributed by atoms with Gasteiger partial charge in [-0.25, -0.2) is 4.39 Å². The smallest absolute Gasteiger partial charge is 0.180 e. The molecule has 0 bridgehead atoms. The molecule has 0 unspecified atom stereocenters. The first-order chi connectivity index (χ1) is 13.6. The number of ether oxygens (including phenoxy) is 3. The molecule has 1 aliphatic rings. The van der Waals surface area contributed by atoms with E-state index in [0.29, 0.717) is 34.7 Å². The number of rotatable bonds is 9. The monoisotopic (exact) mass is 427 g/mol. The van der Waals surface area contributed by atoms with Gasteiger partial charge in [0.25, 0.3) is 0 Å². The summed E-state index contributed by atoms with van der Waals surface area (Å²) in [6.45, 7) is 4.57. The average molecular weight is 428 g/mol. The van der Waals surface area contributed by atoms with E-state index in [1.807, 2.05) is 19.1 Å². The SMILES string of the molecule is CCOc1cc(CNC[C@H]2CCCO2)cc(Cl)c1OCc1c(F)cccc1Cl. The van der Waals surface area contributed by atoms with Crippen molar-refractivity contribution in [2.24, 2.45) is 0 Å². The van der Waals surface area contributed by atoms with E-state index in [-0.39, 0.29) is 18.3 Å². The molecule has 4 nitrogen and oxygen atoms in total. The Hall–Kier alpha value is -1.53. The van der Waals surface area contributed by atoms with Crippen LogP contribution in [0.2, 0.25) is 10.0 Å². The Balaban J connectivity index is 1.69. The quantitative estimate of drug-likeness (QED) is 0.582. The van der Waals surface area contributed by atoms with Gasteiger partial charge in [-0.1, -0.05) is 29.3 Å². The number of nitrogens with one attached hydrogen (secondary N) is 1. The van der Waals surface area contributed by atoms with Crippen LogP contribution in [0, 0.1) is 5.82 Å². The molecule has 28 heavy (non-hydrogen) atoms. The van der Waals surface area contributed by atoms with Gasteiger partial charge in [0.15, 0.2) is 11.5 Å². The van der Waals surface area contributed by atoms with Crippen LogP contribution < -0.4 is 14.8 Å². The third kappa shape index (κ3) is 5.51. The van der Waals surface area contributed by atoms with Crippen LogP contribution in [0.1, 0.15) is 30.9 Å². The molecule has 3 rings (SSSR count). The van der Waals surface area contributed by atoms with Gasteiger partial charge in [-0.2, -0.15) is 0 Å². The standard InChI is InChI=1S/C21H24Cl2FNO3/c1-2-26-20-10-14(11-25-12-15-5-4-8-27-15)9-18(23)21(20)28-13-16-17(22)6-3-7-19(16)24/h3,6-7,9-10,15,25H,2,4-5,8,11-13H2,1H3/t15-/m1/s1. The summed E-state index contributed by atoms with van der Waals surface area (Å²) in [5.41, 5.74) is 1.26. The van der Waals surface area contributed by atoms with Crippen LogP contribution >= 0.6 is 23.2 Å². The molecule has 2 aromatic rings. The summed E-state index contributed by atoms with van der Waals surface area (Å²) in [7, 11) is 0. The molecule has 1 atom stereocenters. The van der Waals surface area contributed by atoms with Gasteiger partial charge in [-0.3, -0.25) is 0 Å². The molecule has 0 aliphatic carbocycles. The van der Waals surface area contributed by atoms with Crippen molar-refractivity contribution in [3.63, 3.8) is 0 Å². The minimum absolute atomic E-state index is 0.0398. The second-order valence-electron chi connectivity index (χ2n) is 6.59. The van der Waals surface area contributed by atoms with Gasteiger partial charge in [-0.05, 0) is 49.6 Å². The van der Waals surface area contributed by atoms with Crippen LogP contribution in [0.5, 0.6) is 11.5 Å². The molecule has 7 heteroatoms. The molecule has 1 heterocycles. The van der Waals surface area contributed by atoms with Gasteiger partial charge in [0.2, 0.25) is 0 Å². The van der Waals surface area contributed by atoms with E-state index in [2.05, 4.69) is 5.32 Å².